The van der Waals surface area contributed by atoms with Gasteiger partial charge in [0.05, 0.1) is 0 Å². The summed E-state index contributed by atoms with van der Waals surface area (Å²) in [7, 11) is 0. The molecule has 3 aliphatic rings. The van der Waals surface area contributed by atoms with E-state index in [4.69, 9.17) is 9.47 Å². The first-order chi connectivity index (χ1) is 16.0. The third-order valence-corrected chi connectivity index (χ3v) is 7.41. The number of hydrogen-bond donors (Lipinski definition) is 1. The molecule has 186 valence electrons. The summed E-state index contributed by atoms with van der Waals surface area (Å²) in [4.78, 5) is 39.6. The molecule has 1 aromatic rings. The number of alkyl halides is 3. The molecule has 5 atom stereocenters. The maximum Gasteiger partial charge on any atom is 0.471 e. The van der Waals surface area contributed by atoms with Crippen LogP contribution in [-0.2, 0) is 30.5 Å². The van der Waals surface area contributed by atoms with Crippen molar-refractivity contribution in [3.8, 4) is 0 Å². The molecule has 10 heteroatoms. The fourth-order valence-electron chi connectivity index (χ4n) is 5.36. The quantitative estimate of drug-likeness (QED) is 0.604. The lowest BCUT2D eigenvalue weighted by molar-refractivity contribution is -0.175. The van der Waals surface area contributed by atoms with Crippen LogP contribution < -0.4 is 5.32 Å². The number of nitrogens with one attached hydrogen (secondary N) is 1. The Morgan fingerprint density at radius 3 is 2.56 bits per heavy atom. The van der Waals surface area contributed by atoms with E-state index in [2.05, 4.69) is 0 Å². The molecular weight excluding hydrogens is 453 g/mol. The molecule has 3 fully saturated rings. The van der Waals surface area contributed by atoms with Gasteiger partial charge in [-0.15, -0.1) is 0 Å². The predicted molar refractivity (Wildman–Crippen MR) is 114 cm³/mol. The van der Waals surface area contributed by atoms with Gasteiger partial charge in [0.25, 0.3) is 0 Å². The second-order valence-corrected chi connectivity index (χ2v) is 9.97. The Balaban J connectivity index is 1.51. The average molecular weight is 482 g/mol. The van der Waals surface area contributed by atoms with Crippen LogP contribution >= 0.6 is 0 Å². The van der Waals surface area contributed by atoms with Crippen LogP contribution in [0.4, 0.5) is 13.2 Å². The van der Waals surface area contributed by atoms with E-state index in [1.165, 1.54) is 4.90 Å². The molecule has 2 amide bonds. The summed E-state index contributed by atoms with van der Waals surface area (Å²) in [6.45, 7) is 5.04. The van der Waals surface area contributed by atoms with E-state index in [9.17, 15) is 27.6 Å². The van der Waals surface area contributed by atoms with Crippen LogP contribution in [0.15, 0.2) is 30.3 Å². The summed E-state index contributed by atoms with van der Waals surface area (Å²) < 4.78 is 49.7. The van der Waals surface area contributed by atoms with E-state index >= 15 is 0 Å². The summed E-state index contributed by atoms with van der Waals surface area (Å²) in [5, 5.41) is 1.87. The second-order valence-electron chi connectivity index (χ2n) is 9.97. The molecule has 1 unspecified atom stereocenters. The first-order valence-electron chi connectivity index (χ1n) is 11.5. The zero-order chi connectivity index (χ0) is 24.7. The molecule has 7 nitrogen and oxygen atoms in total. The van der Waals surface area contributed by atoms with Gasteiger partial charge in [-0.2, -0.15) is 13.2 Å². The largest absolute Gasteiger partial charge is 0.471 e. The van der Waals surface area contributed by atoms with Gasteiger partial charge in [-0.05, 0) is 35.7 Å². The molecule has 34 heavy (non-hydrogen) atoms. The monoisotopic (exact) mass is 482 g/mol. The summed E-state index contributed by atoms with van der Waals surface area (Å²) in [6.07, 6.45) is -4.51. The van der Waals surface area contributed by atoms with Crippen molar-refractivity contribution in [2.45, 2.75) is 51.6 Å². The number of carbonyl (C=O) groups excluding carboxylic acids is 3. The summed E-state index contributed by atoms with van der Waals surface area (Å²) in [6, 6.07) is 6.78. The Kier molecular flexibility index (Phi) is 6.63. The van der Waals surface area contributed by atoms with Crippen molar-refractivity contribution in [3.05, 3.63) is 35.9 Å². The van der Waals surface area contributed by atoms with Crippen LogP contribution in [0.1, 0.15) is 32.3 Å². The van der Waals surface area contributed by atoms with Gasteiger partial charge < -0.3 is 19.7 Å². The van der Waals surface area contributed by atoms with Gasteiger partial charge in [0, 0.05) is 25.7 Å². The van der Waals surface area contributed by atoms with Gasteiger partial charge >= 0.3 is 18.1 Å². The zero-order valence-corrected chi connectivity index (χ0v) is 19.1. The van der Waals surface area contributed by atoms with Gasteiger partial charge in [0.1, 0.15) is 18.7 Å². The molecule has 0 spiro atoms. The number of hydrogen-bond acceptors (Lipinski definition) is 5. The lowest BCUT2D eigenvalue weighted by Crippen LogP contribution is -2.56. The van der Waals surface area contributed by atoms with Crippen molar-refractivity contribution in [2.24, 2.45) is 23.2 Å². The molecule has 0 bridgehead atoms. The number of benzene rings is 1. The van der Waals surface area contributed by atoms with Crippen LogP contribution in [0.3, 0.4) is 0 Å². The Hall–Kier alpha value is -2.62. The second kappa shape index (κ2) is 9.20. The summed E-state index contributed by atoms with van der Waals surface area (Å²) in [5.41, 5.74) is 0.604. The highest BCUT2D eigenvalue weighted by Crippen LogP contribution is 2.65. The van der Waals surface area contributed by atoms with Crippen LogP contribution in [0, 0.1) is 23.2 Å². The highest BCUT2D eigenvalue weighted by Gasteiger charge is 2.70. The van der Waals surface area contributed by atoms with E-state index < -0.39 is 36.0 Å². The average Bonchev–Trinajstić information content (AvgIpc) is 3.23. The fraction of sp³-hybridized carbons (Fsp3) is 0.625. The SMILES string of the molecule is CC1(C)[C@@H]2[C@@H](C(=O)OCc3ccccc3)N(C(=O)[C@H](CC3CCOC3)NC(=O)C(F)(F)F)C[C@@H]21. The molecule has 1 saturated carbocycles. The molecule has 2 saturated heterocycles. The highest BCUT2D eigenvalue weighted by molar-refractivity contribution is 5.93. The topological polar surface area (TPSA) is 84.9 Å². The molecule has 1 N–H and O–H groups in total. The molecule has 2 aliphatic heterocycles. The van der Waals surface area contributed by atoms with Crippen LogP contribution in [-0.4, -0.2) is 60.7 Å². The molecule has 1 aliphatic carbocycles. The lowest BCUT2D eigenvalue weighted by atomic mass is 9.96. The van der Waals surface area contributed by atoms with Crippen molar-refractivity contribution in [1.29, 1.82) is 0 Å². The number of rotatable bonds is 7. The van der Waals surface area contributed by atoms with Gasteiger partial charge in [0.2, 0.25) is 5.91 Å². The van der Waals surface area contributed by atoms with E-state index in [0.29, 0.717) is 19.6 Å². The maximum atomic E-state index is 13.5. The number of likely N-dealkylation sites (tertiary alicyclic amines) is 1. The van der Waals surface area contributed by atoms with Gasteiger partial charge in [-0.3, -0.25) is 9.59 Å². The van der Waals surface area contributed by atoms with E-state index in [0.717, 1.165) is 5.56 Å². The number of amides is 2. The predicted octanol–water partition coefficient (Wildman–Crippen LogP) is 2.69. The molecule has 0 radical (unpaired) electrons. The molecule has 4 rings (SSSR count). The van der Waals surface area contributed by atoms with Crippen molar-refractivity contribution in [2.75, 3.05) is 19.8 Å². The molecule has 2 heterocycles. The minimum absolute atomic E-state index is 0.0155. The van der Waals surface area contributed by atoms with Gasteiger partial charge in [-0.25, -0.2) is 4.79 Å². The Morgan fingerprint density at radius 1 is 1.24 bits per heavy atom. The van der Waals surface area contributed by atoms with Gasteiger partial charge in [-0.1, -0.05) is 44.2 Å². The van der Waals surface area contributed by atoms with E-state index in [1.54, 1.807) is 12.1 Å². The van der Waals surface area contributed by atoms with E-state index in [1.807, 2.05) is 37.4 Å². The number of ether oxygens (including phenoxy) is 2. The highest BCUT2D eigenvalue weighted by atomic mass is 19.4. The van der Waals surface area contributed by atoms with Crippen LogP contribution in [0.25, 0.3) is 0 Å². The molecule has 1 aromatic carbocycles. The zero-order valence-electron chi connectivity index (χ0n) is 19.1. The molecular formula is C24H29F3N2O5. The van der Waals surface area contributed by atoms with Crippen LogP contribution in [0.2, 0.25) is 0 Å². The Bertz CT molecular complexity index is 930. The van der Waals surface area contributed by atoms with Crippen molar-refractivity contribution in [3.63, 3.8) is 0 Å². The lowest BCUT2D eigenvalue weighted by Gasteiger charge is -2.33. The number of carbonyl (C=O) groups is 3. The number of halogens is 3. The number of esters is 1. The third kappa shape index (κ3) is 4.92. The van der Waals surface area contributed by atoms with Gasteiger partial charge in [0.15, 0.2) is 0 Å². The van der Waals surface area contributed by atoms with Crippen molar-refractivity contribution in [1.82, 2.24) is 10.2 Å². The Labute approximate surface area is 196 Å². The smallest absolute Gasteiger partial charge is 0.459 e. The minimum Gasteiger partial charge on any atom is -0.459 e. The number of piperidine rings is 1. The third-order valence-electron chi connectivity index (χ3n) is 7.41. The number of nitrogens with zero attached hydrogens (tertiary/aromatic N) is 1. The standard InChI is InChI=1S/C24H29F3N2O5/c1-23(2)16-11-29(19(18(16)23)21(31)34-13-14-6-4-3-5-7-14)20(30)17(10-15-8-9-33-12-15)28-22(32)24(25,26)27/h3-7,15-19H,8-13H2,1-2H3,(H,28,32)/t15?,16-,17-,18-,19-/m0/s1. The maximum absolute atomic E-state index is 13.5. The van der Waals surface area contributed by atoms with Crippen LogP contribution in [0.5, 0.6) is 0 Å². The minimum atomic E-state index is -5.12. The first kappa shape index (κ1) is 24.5. The molecule has 0 aromatic heterocycles. The van der Waals surface area contributed by atoms with Crippen molar-refractivity contribution < 1.29 is 37.0 Å². The van der Waals surface area contributed by atoms with Crippen molar-refractivity contribution >= 4 is 17.8 Å². The Morgan fingerprint density at radius 2 is 1.94 bits per heavy atom. The summed E-state index contributed by atoms with van der Waals surface area (Å²) in [5.74, 6) is -3.69. The normalized spacial score (nSPS) is 28.2. The van der Waals surface area contributed by atoms with E-state index in [-0.39, 0.29) is 42.7 Å². The fourth-order valence-corrected chi connectivity index (χ4v) is 5.36. The summed E-state index contributed by atoms with van der Waals surface area (Å²) >= 11 is 0. The first-order valence-corrected chi connectivity index (χ1v) is 11.5. The number of fused-ring (bicyclic) bond motifs is 1.